The second-order valence-electron chi connectivity index (χ2n) is 12.1. The molecule has 0 bridgehead atoms. The molecular weight excluding hydrogens is 482 g/mol. The molecule has 38 heavy (non-hydrogen) atoms. The predicted molar refractivity (Wildman–Crippen MR) is 151 cm³/mol. The van der Waals surface area contributed by atoms with Crippen molar-refractivity contribution in [2.45, 2.75) is 118 Å². The maximum absolute atomic E-state index is 13.3. The molecule has 1 fully saturated rings. The number of nitrogens with zero attached hydrogens (tertiary/aromatic N) is 3. The number of nitrogens with two attached hydrogens (primary N) is 1. The van der Waals surface area contributed by atoms with Gasteiger partial charge in [-0.1, -0.05) is 66.2 Å². The van der Waals surface area contributed by atoms with Gasteiger partial charge in [0.2, 0.25) is 0 Å². The summed E-state index contributed by atoms with van der Waals surface area (Å²) in [6.45, 7) is 17.8. The van der Waals surface area contributed by atoms with Crippen LogP contribution >= 0.6 is 0 Å². The van der Waals surface area contributed by atoms with Gasteiger partial charge in [-0.3, -0.25) is 4.79 Å². The van der Waals surface area contributed by atoms with Crippen molar-refractivity contribution >= 4 is 5.78 Å². The summed E-state index contributed by atoms with van der Waals surface area (Å²) in [7, 11) is 0. The lowest BCUT2D eigenvalue weighted by molar-refractivity contribution is -0.123. The molecule has 0 radical (unpaired) electrons. The van der Waals surface area contributed by atoms with Crippen LogP contribution in [0, 0.1) is 23.0 Å². The van der Waals surface area contributed by atoms with Gasteiger partial charge in [0.25, 0.3) is 0 Å². The summed E-state index contributed by atoms with van der Waals surface area (Å²) in [6, 6.07) is 2.24. The average Bonchev–Trinajstić information content (AvgIpc) is 3.56. The van der Waals surface area contributed by atoms with Crippen molar-refractivity contribution in [3.63, 3.8) is 0 Å². The van der Waals surface area contributed by atoms with Crippen molar-refractivity contribution in [1.82, 2.24) is 15.0 Å². The van der Waals surface area contributed by atoms with Crippen LogP contribution in [0.5, 0.6) is 0 Å². The van der Waals surface area contributed by atoms with Gasteiger partial charge in [-0.2, -0.15) is 0 Å². The Kier molecular flexibility index (Phi) is 11.7. The zero-order chi connectivity index (χ0) is 28.6. The zero-order valence-corrected chi connectivity index (χ0v) is 24.5. The summed E-state index contributed by atoms with van der Waals surface area (Å²) in [5, 5.41) is 8.27. The first-order valence-corrected chi connectivity index (χ1v) is 14.1. The van der Waals surface area contributed by atoms with Crippen LogP contribution in [0.15, 0.2) is 30.6 Å². The quantitative estimate of drug-likeness (QED) is 0.393. The van der Waals surface area contributed by atoms with E-state index in [1.807, 2.05) is 13.1 Å². The molecule has 1 saturated carbocycles. The molecule has 5 nitrogen and oxygen atoms in total. The number of fused-ring (bicyclic) bond motifs is 1. The molecular formula is C31H48F2N4O. The molecule has 1 aromatic carbocycles. The SMILES string of the molecule is C=C(N)C(C)CCCC.CC(=O)[C@@H](n1cc(C2CC2)nn1)C(C)(C)C.C[C@@H]1CCCc2c(F)cc(F)cc21. The Morgan fingerprint density at radius 2 is 1.89 bits per heavy atom. The summed E-state index contributed by atoms with van der Waals surface area (Å²) in [5.41, 5.74) is 8.80. The summed E-state index contributed by atoms with van der Waals surface area (Å²) < 4.78 is 27.9. The fraction of sp³-hybridized carbons (Fsp3) is 0.645. The monoisotopic (exact) mass is 530 g/mol. The minimum absolute atomic E-state index is 0.125. The van der Waals surface area contributed by atoms with E-state index in [9.17, 15) is 13.6 Å². The van der Waals surface area contributed by atoms with Crippen LogP contribution < -0.4 is 5.73 Å². The third kappa shape index (κ3) is 9.32. The van der Waals surface area contributed by atoms with Crippen molar-refractivity contribution in [1.29, 1.82) is 0 Å². The normalized spacial score (nSPS) is 18.2. The van der Waals surface area contributed by atoms with E-state index in [0.29, 0.717) is 17.8 Å². The lowest BCUT2D eigenvalue weighted by Gasteiger charge is -2.28. The number of unbranched alkanes of at least 4 members (excludes halogenated alkanes) is 1. The number of rotatable bonds is 7. The van der Waals surface area contributed by atoms with Gasteiger partial charge < -0.3 is 5.73 Å². The Morgan fingerprint density at radius 1 is 1.24 bits per heavy atom. The summed E-state index contributed by atoms with van der Waals surface area (Å²) in [5.74, 6) is 0.700. The smallest absolute Gasteiger partial charge is 0.154 e. The molecule has 2 aromatic rings. The van der Waals surface area contributed by atoms with Gasteiger partial charge in [-0.25, -0.2) is 13.5 Å². The second kappa shape index (κ2) is 14.0. The average molecular weight is 531 g/mol. The number of hydrogen-bond acceptors (Lipinski definition) is 4. The Bertz CT molecular complexity index is 1070. The lowest BCUT2D eigenvalue weighted by atomic mass is 9.84. The number of carbonyl (C=O) groups is 1. The molecule has 0 saturated heterocycles. The van der Waals surface area contributed by atoms with Crippen molar-refractivity contribution in [2.75, 3.05) is 0 Å². The highest BCUT2D eigenvalue weighted by Gasteiger charge is 2.33. The highest BCUT2D eigenvalue weighted by molar-refractivity contribution is 5.80. The molecule has 0 spiro atoms. The minimum Gasteiger partial charge on any atom is -0.402 e. The van der Waals surface area contributed by atoms with Crippen LogP contribution in [0.4, 0.5) is 8.78 Å². The van der Waals surface area contributed by atoms with Crippen LogP contribution in [0.1, 0.15) is 128 Å². The number of aromatic nitrogens is 3. The van der Waals surface area contributed by atoms with E-state index in [0.717, 1.165) is 47.8 Å². The van der Waals surface area contributed by atoms with Crippen LogP contribution in [0.25, 0.3) is 0 Å². The molecule has 4 rings (SSSR count). The number of halogens is 2. The predicted octanol–water partition coefficient (Wildman–Crippen LogP) is 8.02. The number of hydrogen-bond donors (Lipinski definition) is 1. The number of allylic oxidation sites excluding steroid dienone is 1. The topological polar surface area (TPSA) is 73.8 Å². The van der Waals surface area contributed by atoms with Gasteiger partial charge in [-0.05, 0) is 79.9 Å². The van der Waals surface area contributed by atoms with Gasteiger partial charge in [0, 0.05) is 23.9 Å². The third-order valence-electron chi connectivity index (χ3n) is 7.41. The Hall–Kier alpha value is -2.57. The Morgan fingerprint density at radius 3 is 2.42 bits per heavy atom. The van der Waals surface area contributed by atoms with E-state index in [1.54, 1.807) is 11.6 Å². The largest absolute Gasteiger partial charge is 0.402 e. The fourth-order valence-electron chi connectivity index (χ4n) is 4.94. The molecule has 7 heteroatoms. The highest BCUT2D eigenvalue weighted by atomic mass is 19.1. The number of ketones is 1. The molecule has 1 aromatic heterocycles. The van der Waals surface area contributed by atoms with Crippen molar-refractivity contribution < 1.29 is 13.6 Å². The summed E-state index contributed by atoms with van der Waals surface area (Å²) in [6.07, 6.45) is 10.9. The third-order valence-corrected chi connectivity index (χ3v) is 7.41. The van der Waals surface area contributed by atoms with Crippen LogP contribution in [-0.4, -0.2) is 20.8 Å². The second-order valence-corrected chi connectivity index (χ2v) is 12.1. The molecule has 2 N–H and O–H groups in total. The molecule has 1 unspecified atom stereocenters. The van der Waals surface area contributed by atoms with E-state index >= 15 is 0 Å². The number of Topliss-reactive ketones (excluding diaryl/α,β-unsaturated/α-hetero) is 1. The molecule has 0 amide bonds. The Labute approximate surface area is 228 Å². The minimum atomic E-state index is -0.454. The molecule has 3 atom stereocenters. The van der Waals surface area contributed by atoms with E-state index < -0.39 is 5.82 Å². The van der Waals surface area contributed by atoms with Gasteiger partial charge in [0.15, 0.2) is 5.78 Å². The van der Waals surface area contributed by atoms with Crippen molar-refractivity contribution in [2.24, 2.45) is 17.1 Å². The summed E-state index contributed by atoms with van der Waals surface area (Å²) in [4.78, 5) is 11.7. The van der Waals surface area contributed by atoms with Gasteiger partial charge in [0.1, 0.15) is 17.7 Å². The molecule has 212 valence electrons. The summed E-state index contributed by atoms with van der Waals surface area (Å²) >= 11 is 0. The van der Waals surface area contributed by atoms with Crippen LogP contribution in [0.2, 0.25) is 0 Å². The maximum Gasteiger partial charge on any atom is 0.154 e. The van der Waals surface area contributed by atoms with E-state index in [4.69, 9.17) is 5.73 Å². The maximum atomic E-state index is 13.3. The highest BCUT2D eigenvalue weighted by Crippen LogP contribution is 2.39. The van der Waals surface area contributed by atoms with Crippen molar-refractivity contribution in [3.8, 4) is 0 Å². The molecule has 2 aliphatic rings. The van der Waals surface area contributed by atoms with Gasteiger partial charge in [-0.15, -0.1) is 5.10 Å². The van der Waals surface area contributed by atoms with Crippen LogP contribution in [-0.2, 0) is 11.2 Å². The van der Waals surface area contributed by atoms with Gasteiger partial charge in [0.05, 0.1) is 5.69 Å². The standard InChI is InChI=1S/C12H19N3O.C11H12F2.C8H17N/c1-8(16)11(12(2,3)4)15-7-10(13-14-15)9-5-6-9;1-7-3-2-4-9-10(7)5-8(12)6-11(9)13;1-4-5-6-7(2)8(3)9/h7,9,11H,5-6H2,1-4H3;5-7H,2-4H2,1H3;7H,3-6,9H2,1-2H3/t11-;7-;/m11./s1. The molecule has 0 aliphatic heterocycles. The van der Waals surface area contributed by atoms with E-state index in [-0.39, 0.29) is 23.1 Å². The Balaban J connectivity index is 0.000000209. The van der Waals surface area contributed by atoms with E-state index in [1.165, 1.54) is 38.2 Å². The first-order valence-electron chi connectivity index (χ1n) is 14.1. The number of carbonyl (C=O) groups excluding carboxylic acids is 1. The van der Waals surface area contributed by atoms with Gasteiger partial charge >= 0.3 is 0 Å². The van der Waals surface area contributed by atoms with Crippen molar-refractivity contribution in [3.05, 3.63) is 59.1 Å². The number of benzene rings is 1. The molecule has 2 aliphatic carbocycles. The molecule has 1 heterocycles. The fourth-order valence-corrected chi connectivity index (χ4v) is 4.94. The lowest BCUT2D eigenvalue weighted by Crippen LogP contribution is -2.30. The first-order chi connectivity index (χ1) is 17.8. The van der Waals surface area contributed by atoms with E-state index in [2.05, 4.69) is 51.5 Å². The first kappa shape index (κ1) is 31.6. The zero-order valence-electron chi connectivity index (χ0n) is 24.5. The van der Waals surface area contributed by atoms with Crippen LogP contribution in [0.3, 0.4) is 0 Å².